The summed E-state index contributed by atoms with van der Waals surface area (Å²) in [6.45, 7) is 1.80. The van der Waals surface area contributed by atoms with Crippen LogP contribution in [0, 0.1) is 5.92 Å². The van der Waals surface area contributed by atoms with Crippen molar-refractivity contribution in [2.24, 2.45) is 5.92 Å². The lowest BCUT2D eigenvalue weighted by molar-refractivity contribution is -0.129. The van der Waals surface area contributed by atoms with Crippen molar-refractivity contribution in [3.63, 3.8) is 0 Å². The average molecular weight is 284 g/mol. The Balaban J connectivity index is 1.54. The van der Waals surface area contributed by atoms with Crippen molar-refractivity contribution in [2.75, 3.05) is 13.6 Å². The predicted octanol–water partition coefficient (Wildman–Crippen LogP) is 1.54. The molecule has 0 unspecified atom stereocenters. The fourth-order valence-electron chi connectivity index (χ4n) is 2.87. The number of fused-ring (bicyclic) bond motifs is 1. The molecule has 110 valence electrons. The van der Waals surface area contributed by atoms with Gasteiger partial charge in [0.1, 0.15) is 5.82 Å². The molecule has 5 nitrogen and oxygen atoms in total. The average Bonchev–Trinajstić information content (AvgIpc) is 2.95. The van der Waals surface area contributed by atoms with E-state index in [1.807, 2.05) is 36.5 Å². The number of likely N-dealkylation sites (N-methyl/N-ethyl adjacent to an activating group) is 1. The van der Waals surface area contributed by atoms with Crippen LogP contribution in [0.2, 0.25) is 0 Å². The van der Waals surface area contributed by atoms with E-state index < -0.39 is 0 Å². The molecule has 5 heteroatoms. The Morgan fingerprint density at radius 3 is 3.19 bits per heavy atom. The third kappa shape index (κ3) is 3.29. The fraction of sp³-hybridized carbons (Fsp3) is 0.438. The maximum atomic E-state index is 12.3. The van der Waals surface area contributed by atoms with Gasteiger partial charge in [-0.1, -0.05) is 6.07 Å². The van der Waals surface area contributed by atoms with Crippen molar-refractivity contribution < 1.29 is 4.79 Å². The molecule has 3 heterocycles. The molecule has 1 aliphatic rings. The first kappa shape index (κ1) is 13.8. The summed E-state index contributed by atoms with van der Waals surface area (Å²) in [7, 11) is 1.89. The van der Waals surface area contributed by atoms with Crippen LogP contribution in [0.5, 0.6) is 0 Å². The first-order chi connectivity index (χ1) is 10.2. The molecule has 1 aliphatic heterocycles. The highest BCUT2D eigenvalue weighted by atomic mass is 16.2. The molecule has 0 radical (unpaired) electrons. The van der Waals surface area contributed by atoms with Gasteiger partial charge in [-0.3, -0.25) is 9.78 Å². The minimum absolute atomic E-state index is 0.150. The van der Waals surface area contributed by atoms with Crippen LogP contribution < -0.4 is 0 Å². The summed E-state index contributed by atoms with van der Waals surface area (Å²) in [5.74, 6) is 1.79. The van der Waals surface area contributed by atoms with Gasteiger partial charge in [-0.25, -0.2) is 4.98 Å². The van der Waals surface area contributed by atoms with E-state index in [-0.39, 0.29) is 5.91 Å². The van der Waals surface area contributed by atoms with Crippen LogP contribution in [-0.2, 0) is 24.2 Å². The number of hydrogen-bond donors (Lipinski definition) is 0. The molecule has 3 rings (SSSR count). The normalized spacial score (nSPS) is 17.3. The molecule has 0 saturated carbocycles. The van der Waals surface area contributed by atoms with Gasteiger partial charge in [-0.2, -0.15) is 0 Å². The van der Waals surface area contributed by atoms with Gasteiger partial charge in [0.05, 0.1) is 6.42 Å². The second kappa shape index (κ2) is 6.08. The summed E-state index contributed by atoms with van der Waals surface area (Å²) < 4.78 is 2.20. The molecule has 0 aliphatic carbocycles. The smallest absolute Gasteiger partial charge is 0.226 e. The van der Waals surface area contributed by atoms with Gasteiger partial charge in [0.15, 0.2) is 0 Å². The Hall–Kier alpha value is -2.17. The molecule has 2 aromatic heterocycles. The van der Waals surface area contributed by atoms with Gasteiger partial charge in [0, 0.05) is 51.3 Å². The lowest BCUT2D eigenvalue weighted by atomic mass is 9.97. The highest BCUT2D eigenvalue weighted by Gasteiger charge is 2.22. The first-order valence-electron chi connectivity index (χ1n) is 7.35. The minimum Gasteiger partial charge on any atom is -0.345 e. The second-order valence-corrected chi connectivity index (χ2v) is 5.71. The third-order valence-corrected chi connectivity index (χ3v) is 4.09. The Morgan fingerprint density at radius 1 is 1.48 bits per heavy atom. The number of aryl methyl sites for hydroxylation is 1. The number of imidazole rings is 1. The van der Waals surface area contributed by atoms with E-state index in [0.29, 0.717) is 12.3 Å². The molecule has 2 aromatic rings. The highest BCUT2D eigenvalue weighted by molar-refractivity contribution is 5.78. The summed E-state index contributed by atoms with van der Waals surface area (Å²) in [5, 5.41) is 0. The van der Waals surface area contributed by atoms with Crippen LogP contribution in [0.1, 0.15) is 17.8 Å². The predicted molar refractivity (Wildman–Crippen MR) is 79.6 cm³/mol. The Labute approximate surface area is 124 Å². The zero-order valence-corrected chi connectivity index (χ0v) is 12.3. The molecule has 21 heavy (non-hydrogen) atoms. The molecular formula is C16H20N4O. The SMILES string of the molecule is CN(C[C@@H]1CCn2ccnc2C1)C(=O)Cc1cccnc1. The zero-order chi connectivity index (χ0) is 14.7. The van der Waals surface area contributed by atoms with E-state index in [9.17, 15) is 4.79 Å². The molecule has 0 bridgehead atoms. The number of pyridine rings is 1. The first-order valence-corrected chi connectivity index (χ1v) is 7.35. The molecule has 0 fully saturated rings. The number of carbonyl (C=O) groups excluding carboxylic acids is 1. The summed E-state index contributed by atoms with van der Waals surface area (Å²) >= 11 is 0. The third-order valence-electron chi connectivity index (χ3n) is 4.09. The molecule has 1 amide bonds. The van der Waals surface area contributed by atoms with Gasteiger partial charge >= 0.3 is 0 Å². The number of carbonyl (C=O) groups is 1. The molecule has 0 spiro atoms. The van der Waals surface area contributed by atoms with Crippen molar-refractivity contribution >= 4 is 5.91 Å². The van der Waals surface area contributed by atoms with E-state index >= 15 is 0 Å². The van der Waals surface area contributed by atoms with E-state index in [4.69, 9.17) is 0 Å². The van der Waals surface area contributed by atoms with Crippen LogP contribution in [-0.4, -0.2) is 38.9 Å². The van der Waals surface area contributed by atoms with E-state index in [2.05, 4.69) is 14.5 Å². The van der Waals surface area contributed by atoms with Crippen LogP contribution in [0.3, 0.4) is 0 Å². The summed E-state index contributed by atoms with van der Waals surface area (Å²) in [6.07, 6.45) is 9.85. The molecule has 1 atom stereocenters. The summed E-state index contributed by atoms with van der Waals surface area (Å²) in [4.78, 5) is 22.5. The standard InChI is InChI=1S/C16H20N4O/c1-19(16(21)10-13-3-2-5-17-11-13)12-14-4-7-20-8-6-18-15(20)9-14/h2-3,5-6,8,11,14H,4,7,9-10,12H2,1H3/t14-/m1/s1. The minimum atomic E-state index is 0.150. The van der Waals surface area contributed by atoms with Crippen molar-refractivity contribution in [1.82, 2.24) is 19.4 Å². The van der Waals surface area contributed by atoms with Gasteiger partial charge in [-0.05, 0) is 24.0 Å². The van der Waals surface area contributed by atoms with Crippen LogP contribution in [0.15, 0.2) is 36.9 Å². The Kier molecular flexibility index (Phi) is 3.99. The van der Waals surface area contributed by atoms with Crippen molar-refractivity contribution in [2.45, 2.75) is 25.8 Å². The van der Waals surface area contributed by atoms with Crippen LogP contribution in [0.4, 0.5) is 0 Å². The Morgan fingerprint density at radius 2 is 2.38 bits per heavy atom. The van der Waals surface area contributed by atoms with Gasteiger partial charge < -0.3 is 9.47 Å². The number of amides is 1. The van der Waals surface area contributed by atoms with E-state index in [0.717, 1.165) is 37.3 Å². The molecule has 0 saturated heterocycles. The van der Waals surface area contributed by atoms with Gasteiger partial charge in [0.25, 0.3) is 0 Å². The van der Waals surface area contributed by atoms with Gasteiger partial charge in [-0.15, -0.1) is 0 Å². The summed E-state index contributed by atoms with van der Waals surface area (Å²) in [6, 6.07) is 3.81. The van der Waals surface area contributed by atoms with Crippen molar-refractivity contribution in [3.05, 3.63) is 48.3 Å². The lowest BCUT2D eigenvalue weighted by Crippen LogP contribution is -2.35. The maximum Gasteiger partial charge on any atom is 0.226 e. The van der Waals surface area contributed by atoms with Crippen molar-refractivity contribution in [1.29, 1.82) is 0 Å². The van der Waals surface area contributed by atoms with Crippen LogP contribution in [0.25, 0.3) is 0 Å². The van der Waals surface area contributed by atoms with Gasteiger partial charge in [0.2, 0.25) is 5.91 Å². The summed E-state index contributed by atoms with van der Waals surface area (Å²) in [5.41, 5.74) is 0.966. The fourth-order valence-corrected chi connectivity index (χ4v) is 2.87. The van der Waals surface area contributed by atoms with E-state index in [1.165, 1.54) is 0 Å². The quantitative estimate of drug-likeness (QED) is 0.856. The Bertz CT molecular complexity index is 608. The highest BCUT2D eigenvalue weighted by Crippen LogP contribution is 2.20. The number of rotatable bonds is 4. The van der Waals surface area contributed by atoms with Crippen LogP contribution >= 0.6 is 0 Å². The number of hydrogen-bond acceptors (Lipinski definition) is 3. The largest absolute Gasteiger partial charge is 0.345 e. The molecular weight excluding hydrogens is 264 g/mol. The van der Waals surface area contributed by atoms with Crippen molar-refractivity contribution in [3.8, 4) is 0 Å². The topological polar surface area (TPSA) is 51.0 Å². The van der Waals surface area contributed by atoms with E-state index in [1.54, 1.807) is 12.4 Å². The molecule has 0 N–H and O–H groups in total. The zero-order valence-electron chi connectivity index (χ0n) is 12.3. The maximum absolute atomic E-state index is 12.3. The number of nitrogens with zero attached hydrogens (tertiary/aromatic N) is 4. The molecule has 0 aromatic carbocycles. The number of aromatic nitrogens is 3. The monoisotopic (exact) mass is 284 g/mol. The second-order valence-electron chi connectivity index (χ2n) is 5.71. The lowest BCUT2D eigenvalue weighted by Gasteiger charge is -2.27.